The Morgan fingerprint density at radius 2 is 1.76 bits per heavy atom. The van der Waals surface area contributed by atoms with Gasteiger partial charge in [-0.2, -0.15) is 0 Å². The van der Waals surface area contributed by atoms with Gasteiger partial charge in [-0.15, -0.1) is 0 Å². The Kier molecular flexibility index (Phi) is 4.98. The predicted octanol–water partition coefficient (Wildman–Crippen LogP) is 2.82. The van der Waals surface area contributed by atoms with Crippen molar-refractivity contribution in [1.29, 1.82) is 0 Å². The van der Waals surface area contributed by atoms with E-state index in [9.17, 15) is 9.59 Å². The SMILES string of the molecule is O=C1NC2(CCN(CC(=O)N3CCC[C@@H]4CCCC[C@@H]43)CC2)Nc2ccccc21. The average molecular weight is 397 g/mol. The van der Waals surface area contributed by atoms with Gasteiger partial charge in [0, 0.05) is 44.2 Å². The number of piperidine rings is 2. The molecule has 3 fully saturated rings. The summed E-state index contributed by atoms with van der Waals surface area (Å²) in [5, 5.41) is 6.75. The largest absolute Gasteiger partial charge is 0.362 e. The number of fused-ring (bicyclic) bond motifs is 2. The lowest BCUT2D eigenvalue weighted by Gasteiger charge is -2.47. The lowest BCUT2D eigenvalue weighted by Crippen LogP contribution is -2.63. The molecule has 1 aromatic rings. The van der Waals surface area contributed by atoms with Crippen LogP contribution >= 0.6 is 0 Å². The second kappa shape index (κ2) is 7.63. The molecule has 29 heavy (non-hydrogen) atoms. The number of hydrogen-bond donors (Lipinski definition) is 2. The standard InChI is InChI=1S/C23H32N4O2/c28-21(27-13-5-7-17-6-1-4-10-20(17)27)16-26-14-11-23(12-15-26)24-19-9-3-2-8-18(19)22(29)25-23/h2-3,8-9,17,20,24H,1,4-7,10-16H2,(H,25,29)/t17-,20-/m0/s1. The number of benzene rings is 1. The van der Waals surface area contributed by atoms with E-state index in [2.05, 4.69) is 20.4 Å². The maximum atomic E-state index is 13.1. The van der Waals surface area contributed by atoms with Crippen LogP contribution in [-0.4, -0.2) is 59.5 Å². The van der Waals surface area contributed by atoms with Crippen LogP contribution in [0.4, 0.5) is 5.69 Å². The average Bonchev–Trinajstić information content (AvgIpc) is 2.75. The van der Waals surface area contributed by atoms with Crippen molar-refractivity contribution < 1.29 is 9.59 Å². The predicted molar refractivity (Wildman–Crippen MR) is 113 cm³/mol. The molecule has 5 rings (SSSR count). The van der Waals surface area contributed by atoms with Crippen LogP contribution in [0.15, 0.2) is 24.3 Å². The van der Waals surface area contributed by atoms with E-state index in [0.717, 1.165) is 50.5 Å². The van der Waals surface area contributed by atoms with Gasteiger partial charge in [0.15, 0.2) is 0 Å². The number of carbonyl (C=O) groups excluding carboxylic acids is 2. The van der Waals surface area contributed by atoms with Crippen molar-refractivity contribution in [3.63, 3.8) is 0 Å². The maximum absolute atomic E-state index is 13.1. The van der Waals surface area contributed by atoms with Crippen LogP contribution in [0.25, 0.3) is 0 Å². The molecular weight excluding hydrogens is 364 g/mol. The summed E-state index contributed by atoms with van der Waals surface area (Å²) in [6.07, 6.45) is 9.17. The molecule has 3 aliphatic heterocycles. The first-order valence-electron chi connectivity index (χ1n) is 11.4. The highest BCUT2D eigenvalue weighted by Gasteiger charge is 2.41. The van der Waals surface area contributed by atoms with Crippen LogP contribution in [0.3, 0.4) is 0 Å². The quantitative estimate of drug-likeness (QED) is 0.807. The fourth-order valence-corrected chi connectivity index (χ4v) is 5.92. The monoisotopic (exact) mass is 396 g/mol. The fraction of sp³-hybridized carbons (Fsp3) is 0.652. The smallest absolute Gasteiger partial charge is 0.255 e. The minimum Gasteiger partial charge on any atom is -0.362 e. The molecule has 2 atom stereocenters. The highest BCUT2D eigenvalue weighted by Crippen LogP contribution is 2.36. The molecule has 2 amide bonds. The van der Waals surface area contributed by atoms with E-state index in [-0.39, 0.29) is 11.6 Å². The van der Waals surface area contributed by atoms with Crippen molar-refractivity contribution in [2.45, 2.75) is 63.1 Å². The molecule has 3 heterocycles. The van der Waals surface area contributed by atoms with Gasteiger partial charge in [-0.05, 0) is 43.7 Å². The summed E-state index contributed by atoms with van der Waals surface area (Å²) in [6, 6.07) is 8.17. The van der Waals surface area contributed by atoms with Crippen LogP contribution in [0.1, 0.15) is 61.7 Å². The third-order valence-electron chi connectivity index (χ3n) is 7.53. The summed E-state index contributed by atoms with van der Waals surface area (Å²) in [4.78, 5) is 30.1. The molecule has 4 aliphatic rings. The molecule has 0 bridgehead atoms. The van der Waals surface area contributed by atoms with E-state index in [4.69, 9.17) is 0 Å². The molecule has 0 radical (unpaired) electrons. The minimum atomic E-state index is -0.384. The van der Waals surface area contributed by atoms with Crippen molar-refractivity contribution in [3.05, 3.63) is 29.8 Å². The number of nitrogens with zero attached hydrogens (tertiary/aromatic N) is 2. The van der Waals surface area contributed by atoms with E-state index >= 15 is 0 Å². The van der Waals surface area contributed by atoms with E-state index in [1.165, 1.54) is 32.1 Å². The molecule has 6 nitrogen and oxygen atoms in total. The van der Waals surface area contributed by atoms with Gasteiger partial charge in [-0.3, -0.25) is 14.5 Å². The van der Waals surface area contributed by atoms with Gasteiger partial charge in [-0.25, -0.2) is 0 Å². The second-order valence-electron chi connectivity index (χ2n) is 9.32. The van der Waals surface area contributed by atoms with Crippen LogP contribution < -0.4 is 10.6 Å². The van der Waals surface area contributed by atoms with Crippen molar-refractivity contribution >= 4 is 17.5 Å². The Hall–Kier alpha value is -2.08. The summed E-state index contributed by atoms with van der Waals surface area (Å²) < 4.78 is 0. The maximum Gasteiger partial charge on any atom is 0.255 e. The van der Waals surface area contributed by atoms with E-state index in [0.29, 0.717) is 24.1 Å². The first kappa shape index (κ1) is 18.9. The fourth-order valence-electron chi connectivity index (χ4n) is 5.92. The van der Waals surface area contributed by atoms with Gasteiger partial charge in [0.05, 0.1) is 12.1 Å². The Balaban J connectivity index is 1.19. The highest BCUT2D eigenvalue weighted by molar-refractivity contribution is 6.02. The van der Waals surface area contributed by atoms with Gasteiger partial charge < -0.3 is 15.5 Å². The van der Waals surface area contributed by atoms with Crippen LogP contribution in [0.5, 0.6) is 0 Å². The zero-order valence-corrected chi connectivity index (χ0v) is 17.2. The Morgan fingerprint density at radius 1 is 1.00 bits per heavy atom. The third-order valence-corrected chi connectivity index (χ3v) is 7.53. The van der Waals surface area contributed by atoms with Gasteiger partial charge in [0.2, 0.25) is 5.91 Å². The number of carbonyl (C=O) groups is 2. The van der Waals surface area contributed by atoms with Gasteiger partial charge in [0.1, 0.15) is 5.66 Å². The van der Waals surface area contributed by atoms with Gasteiger partial charge >= 0.3 is 0 Å². The van der Waals surface area contributed by atoms with E-state index < -0.39 is 0 Å². The van der Waals surface area contributed by atoms with Crippen LogP contribution in [0, 0.1) is 5.92 Å². The van der Waals surface area contributed by atoms with Crippen molar-refractivity contribution in [2.75, 3.05) is 31.5 Å². The number of hydrogen-bond acceptors (Lipinski definition) is 4. The Morgan fingerprint density at radius 3 is 2.62 bits per heavy atom. The summed E-state index contributed by atoms with van der Waals surface area (Å²) >= 11 is 0. The van der Waals surface area contributed by atoms with E-state index in [1.54, 1.807) is 0 Å². The molecule has 2 N–H and O–H groups in total. The van der Waals surface area contributed by atoms with Crippen LogP contribution in [-0.2, 0) is 4.79 Å². The Labute approximate surface area is 173 Å². The first-order valence-corrected chi connectivity index (χ1v) is 11.4. The minimum absolute atomic E-state index is 0.000494. The molecular formula is C23H32N4O2. The molecule has 156 valence electrons. The Bertz CT molecular complexity index is 785. The number of likely N-dealkylation sites (tertiary alicyclic amines) is 2. The molecule has 2 saturated heterocycles. The van der Waals surface area contributed by atoms with Gasteiger partial charge in [-0.1, -0.05) is 25.0 Å². The first-order chi connectivity index (χ1) is 14.1. The topological polar surface area (TPSA) is 64.7 Å². The zero-order chi connectivity index (χ0) is 19.8. The number of nitrogens with one attached hydrogen (secondary N) is 2. The molecule has 1 spiro atoms. The summed E-state index contributed by atoms with van der Waals surface area (Å²) in [7, 11) is 0. The number of rotatable bonds is 2. The van der Waals surface area contributed by atoms with Crippen LogP contribution in [0.2, 0.25) is 0 Å². The molecule has 6 heteroatoms. The van der Waals surface area contributed by atoms with E-state index in [1.807, 2.05) is 24.3 Å². The summed E-state index contributed by atoms with van der Waals surface area (Å²) in [5.74, 6) is 1.04. The highest BCUT2D eigenvalue weighted by atomic mass is 16.2. The number of para-hydroxylation sites is 1. The van der Waals surface area contributed by atoms with Crippen molar-refractivity contribution in [3.8, 4) is 0 Å². The molecule has 1 aromatic carbocycles. The second-order valence-corrected chi connectivity index (χ2v) is 9.32. The molecule has 1 saturated carbocycles. The lowest BCUT2D eigenvalue weighted by molar-refractivity contribution is -0.139. The normalized spacial score (nSPS) is 28.8. The van der Waals surface area contributed by atoms with Crippen molar-refractivity contribution in [2.24, 2.45) is 5.92 Å². The number of anilines is 1. The van der Waals surface area contributed by atoms with Crippen molar-refractivity contribution in [1.82, 2.24) is 15.1 Å². The summed E-state index contributed by atoms with van der Waals surface area (Å²) in [5.41, 5.74) is 1.24. The lowest BCUT2D eigenvalue weighted by atomic mass is 9.78. The molecule has 1 aliphatic carbocycles. The third kappa shape index (κ3) is 3.63. The number of amides is 2. The summed E-state index contributed by atoms with van der Waals surface area (Å²) in [6.45, 7) is 3.10. The molecule has 0 unspecified atom stereocenters. The van der Waals surface area contributed by atoms with Gasteiger partial charge in [0.25, 0.3) is 5.91 Å². The zero-order valence-electron chi connectivity index (χ0n) is 17.2. The molecule has 0 aromatic heterocycles.